The van der Waals surface area contributed by atoms with Gasteiger partial charge in [-0.3, -0.25) is 0 Å². The van der Waals surface area contributed by atoms with E-state index in [9.17, 15) is 28.2 Å². The zero-order valence-electron chi connectivity index (χ0n) is 12.9. The molecule has 1 heterocycles. The topological polar surface area (TPSA) is 82.7 Å². The first-order valence-electron chi connectivity index (χ1n) is 7.24. The molecule has 5 nitrogen and oxygen atoms in total. The molecule has 3 rings (SSSR count). The first-order valence-corrected chi connectivity index (χ1v) is 7.62. The Morgan fingerprint density at radius 2 is 1.77 bits per heavy atom. The average Bonchev–Trinajstić information content (AvgIpc) is 2.54. The van der Waals surface area contributed by atoms with Crippen LogP contribution in [-0.4, -0.2) is 10.2 Å². The van der Waals surface area contributed by atoms with E-state index in [4.69, 9.17) is 16.0 Å². The molecule has 0 spiro atoms. The standard InChI is InChI=1S/C17H11ClF3NO4/c18-12-2-1-9(4-11(12)17(19,20)21)22-7-8-3-16(25)26-15-6-14(24)13(23)5-10(8)15/h1-6,22-24H,7H2. The van der Waals surface area contributed by atoms with Crippen LogP contribution < -0.4 is 10.9 Å². The molecule has 0 atom stereocenters. The molecule has 0 saturated heterocycles. The lowest BCUT2D eigenvalue weighted by molar-refractivity contribution is -0.137. The summed E-state index contributed by atoms with van der Waals surface area (Å²) in [6.07, 6.45) is -4.60. The highest BCUT2D eigenvalue weighted by atomic mass is 35.5. The van der Waals surface area contributed by atoms with Crippen molar-refractivity contribution >= 4 is 28.3 Å². The number of nitrogens with one attached hydrogen (secondary N) is 1. The maximum absolute atomic E-state index is 12.9. The molecular weight excluding hydrogens is 375 g/mol. The number of fused-ring (bicyclic) bond motifs is 1. The SMILES string of the molecule is O=c1cc(CNc2ccc(Cl)c(C(F)(F)F)c2)c2cc(O)c(O)cc2o1. The van der Waals surface area contributed by atoms with Crippen molar-refractivity contribution in [3.8, 4) is 11.5 Å². The Hall–Kier alpha value is -2.87. The van der Waals surface area contributed by atoms with E-state index in [-0.39, 0.29) is 17.8 Å². The molecule has 2 aromatic carbocycles. The summed E-state index contributed by atoms with van der Waals surface area (Å²) in [4.78, 5) is 11.6. The summed E-state index contributed by atoms with van der Waals surface area (Å²) in [5.41, 5.74) is -1.13. The summed E-state index contributed by atoms with van der Waals surface area (Å²) in [6, 6.07) is 6.78. The molecule has 0 aliphatic heterocycles. The van der Waals surface area contributed by atoms with Crippen molar-refractivity contribution in [2.75, 3.05) is 5.32 Å². The number of benzene rings is 2. The van der Waals surface area contributed by atoms with Gasteiger partial charge >= 0.3 is 11.8 Å². The highest BCUT2D eigenvalue weighted by Gasteiger charge is 2.33. The maximum atomic E-state index is 12.9. The summed E-state index contributed by atoms with van der Waals surface area (Å²) in [7, 11) is 0. The molecule has 0 radical (unpaired) electrons. The third-order valence-electron chi connectivity index (χ3n) is 3.68. The molecule has 0 fully saturated rings. The fourth-order valence-electron chi connectivity index (χ4n) is 2.45. The molecule has 3 aromatic rings. The molecule has 0 unspecified atom stereocenters. The van der Waals surface area contributed by atoms with Crippen LogP contribution in [0.15, 0.2) is 45.6 Å². The van der Waals surface area contributed by atoms with E-state index >= 15 is 0 Å². The summed E-state index contributed by atoms with van der Waals surface area (Å²) < 4.78 is 43.7. The Morgan fingerprint density at radius 1 is 1.08 bits per heavy atom. The van der Waals surface area contributed by atoms with E-state index in [1.54, 1.807) is 0 Å². The number of phenols is 2. The van der Waals surface area contributed by atoms with Crippen LogP contribution in [0.1, 0.15) is 11.1 Å². The van der Waals surface area contributed by atoms with Gasteiger partial charge in [0.05, 0.1) is 10.6 Å². The summed E-state index contributed by atoms with van der Waals surface area (Å²) in [5, 5.41) is 21.8. The number of rotatable bonds is 3. The van der Waals surface area contributed by atoms with Crippen molar-refractivity contribution < 1.29 is 27.8 Å². The minimum Gasteiger partial charge on any atom is -0.504 e. The van der Waals surface area contributed by atoms with Crippen LogP contribution in [0.3, 0.4) is 0 Å². The van der Waals surface area contributed by atoms with Crippen molar-refractivity contribution in [2.45, 2.75) is 12.7 Å². The quantitative estimate of drug-likeness (QED) is 0.457. The molecular formula is C17H11ClF3NO4. The normalized spacial score (nSPS) is 11.7. The zero-order chi connectivity index (χ0) is 19.1. The highest BCUT2D eigenvalue weighted by Crippen LogP contribution is 2.36. The molecule has 9 heteroatoms. The Balaban J connectivity index is 1.96. The van der Waals surface area contributed by atoms with Gasteiger partial charge in [-0.05, 0) is 29.8 Å². The molecule has 0 bridgehead atoms. The van der Waals surface area contributed by atoms with Crippen LogP contribution in [0.4, 0.5) is 18.9 Å². The lowest BCUT2D eigenvalue weighted by Gasteiger charge is -2.13. The van der Waals surface area contributed by atoms with Crippen molar-refractivity contribution in [3.05, 3.63) is 63.0 Å². The molecule has 1 aromatic heterocycles. The van der Waals surface area contributed by atoms with Gasteiger partial charge in [0.15, 0.2) is 11.5 Å². The first-order chi connectivity index (χ1) is 12.1. The van der Waals surface area contributed by atoms with Gasteiger partial charge in [-0.1, -0.05) is 11.6 Å². The minimum absolute atomic E-state index is 0.0226. The third kappa shape index (κ3) is 3.55. The van der Waals surface area contributed by atoms with Crippen LogP contribution >= 0.6 is 11.6 Å². The number of phenolic OH excluding ortho intramolecular Hbond substituents is 2. The molecule has 0 saturated carbocycles. The van der Waals surface area contributed by atoms with Gasteiger partial charge < -0.3 is 19.9 Å². The lowest BCUT2D eigenvalue weighted by Crippen LogP contribution is -2.09. The summed E-state index contributed by atoms with van der Waals surface area (Å²) >= 11 is 5.58. The number of anilines is 1. The smallest absolute Gasteiger partial charge is 0.417 e. The number of aromatic hydroxyl groups is 2. The van der Waals surface area contributed by atoms with E-state index < -0.39 is 33.9 Å². The molecule has 3 N–H and O–H groups in total. The monoisotopic (exact) mass is 385 g/mol. The Morgan fingerprint density at radius 3 is 2.46 bits per heavy atom. The van der Waals surface area contributed by atoms with Crippen molar-refractivity contribution in [1.82, 2.24) is 0 Å². The van der Waals surface area contributed by atoms with Gasteiger partial charge in [0.2, 0.25) is 0 Å². The second-order valence-electron chi connectivity index (χ2n) is 5.47. The van der Waals surface area contributed by atoms with E-state index in [0.29, 0.717) is 10.9 Å². The molecule has 0 aliphatic rings. The number of halogens is 4. The number of hydrogen-bond donors (Lipinski definition) is 3. The van der Waals surface area contributed by atoms with Crippen LogP contribution in [-0.2, 0) is 12.7 Å². The highest BCUT2D eigenvalue weighted by molar-refractivity contribution is 6.31. The molecule has 136 valence electrons. The fourth-order valence-corrected chi connectivity index (χ4v) is 2.67. The summed E-state index contributed by atoms with van der Waals surface area (Å²) in [5.74, 6) is -0.878. The van der Waals surface area contributed by atoms with Gasteiger partial charge in [-0.25, -0.2) is 4.79 Å². The van der Waals surface area contributed by atoms with E-state index in [2.05, 4.69) is 5.32 Å². The predicted octanol–water partition coefficient (Wildman–Crippen LogP) is 4.49. The summed E-state index contributed by atoms with van der Waals surface area (Å²) in [6.45, 7) is -0.0226. The molecule has 0 amide bonds. The zero-order valence-corrected chi connectivity index (χ0v) is 13.6. The van der Waals surface area contributed by atoms with E-state index in [0.717, 1.165) is 24.3 Å². The Bertz CT molecular complexity index is 1050. The first kappa shape index (κ1) is 17.9. The second kappa shape index (κ2) is 6.45. The fraction of sp³-hybridized carbons (Fsp3) is 0.118. The largest absolute Gasteiger partial charge is 0.504 e. The Labute approximate surface area is 149 Å². The van der Waals surface area contributed by atoms with Gasteiger partial charge in [-0.2, -0.15) is 13.2 Å². The van der Waals surface area contributed by atoms with Crippen LogP contribution in [0.25, 0.3) is 11.0 Å². The van der Waals surface area contributed by atoms with Crippen molar-refractivity contribution in [1.29, 1.82) is 0 Å². The Kier molecular flexibility index (Phi) is 4.45. The van der Waals surface area contributed by atoms with Gasteiger partial charge in [-0.15, -0.1) is 0 Å². The van der Waals surface area contributed by atoms with Gasteiger partial charge in [0, 0.05) is 29.8 Å². The third-order valence-corrected chi connectivity index (χ3v) is 4.01. The van der Waals surface area contributed by atoms with Crippen LogP contribution in [0, 0.1) is 0 Å². The van der Waals surface area contributed by atoms with Crippen LogP contribution in [0.2, 0.25) is 5.02 Å². The lowest BCUT2D eigenvalue weighted by atomic mass is 10.1. The second-order valence-corrected chi connectivity index (χ2v) is 5.88. The van der Waals surface area contributed by atoms with Gasteiger partial charge in [0.1, 0.15) is 5.58 Å². The van der Waals surface area contributed by atoms with Crippen molar-refractivity contribution in [3.63, 3.8) is 0 Å². The van der Waals surface area contributed by atoms with Gasteiger partial charge in [0.25, 0.3) is 0 Å². The predicted molar refractivity (Wildman–Crippen MR) is 89.6 cm³/mol. The van der Waals surface area contributed by atoms with E-state index in [1.165, 1.54) is 12.1 Å². The van der Waals surface area contributed by atoms with E-state index in [1.807, 2.05) is 0 Å². The maximum Gasteiger partial charge on any atom is 0.417 e. The molecule has 0 aliphatic carbocycles. The number of alkyl halides is 3. The number of hydrogen-bond acceptors (Lipinski definition) is 5. The van der Waals surface area contributed by atoms with Crippen molar-refractivity contribution in [2.24, 2.45) is 0 Å². The minimum atomic E-state index is -4.60. The van der Waals surface area contributed by atoms with Crippen LogP contribution in [0.5, 0.6) is 11.5 Å². The average molecular weight is 386 g/mol. The molecule has 26 heavy (non-hydrogen) atoms.